The molecule has 1 unspecified atom stereocenters. The maximum atomic E-state index is 11.7. The summed E-state index contributed by atoms with van der Waals surface area (Å²) in [5.74, 6) is 0.0285. The lowest BCUT2D eigenvalue weighted by molar-refractivity contribution is -0.149. The van der Waals surface area contributed by atoms with E-state index in [4.69, 9.17) is 9.47 Å². The highest BCUT2D eigenvalue weighted by molar-refractivity contribution is 5.73. The van der Waals surface area contributed by atoms with Crippen LogP contribution in [0.1, 0.15) is 32.6 Å². The average Bonchev–Trinajstić information content (AvgIpc) is 2.35. The van der Waals surface area contributed by atoms with Gasteiger partial charge in [-0.3, -0.25) is 4.79 Å². The van der Waals surface area contributed by atoms with Crippen molar-refractivity contribution in [1.82, 2.24) is 0 Å². The fourth-order valence-corrected chi connectivity index (χ4v) is 2.56. The fourth-order valence-electron chi connectivity index (χ4n) is 2.56. The lowest BCUT2D eigenvalue weighted by Crippen LogP contribution is -2.31. The Labute approximate surface area is 97.8 Å². The van der Waals surface area contributed by atoms with Gasteiger partial charge in [0.1, 0.15) is 0 Å². The summed E-state index contributed by atoms with van der Waals surface area (Å²) in [7, 11) is 3.08. The molecule has 0 saturated heterocycles. The minimum absolute atomic E-state index is 0.138. The lowest BCUT2D eigenvalue weighted by atomic mass is 9.76. The molecular formula is C13H22O3. The SMILES string of the molecule is C/C=C1/CCCC[C@@H]1C(COC)C(=O)OC. The molecule has 0 aromatic rings. The van der Waals surface area contributed by atoms with E-state index in [1.54, 1.807) is 7.11 Å². The van der Waals surface area contributed by atoms with Crippen molar-refractivity contribution in [3.8, 4) is 0 Å². The summed E-state index contributed by atoms with van der Waals surface area (Å²) in [5.41, 5.74) is 1.39. The van der Waals surface area contributed by atoms with E-state index in [-0.39, 0.29) is 11.9 Å². The van der Waals surface area contributed by atoms with Crippen molar-refractivity contribution in [2.75, 3.05) is 20.8 Å². The second-order valence-electron chi connectivity index (χ2n) is 4.30. The molecule has 0 amide bonds. The van der Waals surface area contributed by atoms with Crippen molar-refractivity contribution in [2.45, 2.75) is 32.6 Å². The van der Waals surface area contributed by atoms with Gasteiger partial charge in [0.05, 0.1) is 19.6 Å². The minimum Gasteiger partial charge on any atom is -0.469 e. The van der Waals surface area contributed by atoms with Crippen molar-refractivity contribution >= 4 is 5.97 Å². The molecule has 3 nitrogen and oxygen atoms in total. The largest absolute Gasteiger partial charge is 0.469 e. The van der Waals surface area contributed by atoms with Crippen molar-refractivity contribution < 1.29 is 14.3 Å². The van der Waals surface area contributed by atoms with Crippen molar-refractivity contribution in [1.29, 1.82) is 0 Å². The van der Waals surface area contributed by atoms with Gasteiger partial charge in [-0.15, -0.1) is 0 Å². The monoisotopic (exact) mass is 226 g/mol. The Morgan fingerprint density at radius 1 is 1.50 bits per heavy atom. The molecular weight excluding hydrogens is 204 g/mol. The van der Waals surface area contributed by atoms with Crippen LogP contribution in [-0.4, -0.2) is 26.8 Å². The van der Waals surface area contributed by atoms with E-state index in [9.17, 15) is 4.79 Å². The standard InChI is InChI=1S/C13H22O3/c1-4-10-7-5-6-8-11(10)12(9-15-2)13(14)16-3/h4,11-12H,5-9H2,1-3H3/b10-4-/t11-,12?/m0/s1. The summed E-state index contributed by atoms with van der Waals surface area (Å²) in [4.78, 5) is 11.7. The van der Waals surface area contributed by atoms with Crippen LogP contribution in [0, 0.1) is 11.8 Å². The highest BCUT2D eigenvalue weighted by Crippen LogP contribution is 2.35. The Hall–Kier alpha value is -0.830. The van der Waals surface area contributed by atoms with Crippen LogP contribution in [0.4, 0.5) is 0 Å². The van der Waals surface area contributed by atoms with Crippen molar-refractivity contribution in [3.05, 3.63) is 11.6 Å². The Balaban J connectivity index is 2.78. The molecule has 1 aliphatic carbocycles. The van der Waals surface area contributed by atoms with Gasteiger partial charge in [0.25, 0.3) is 0 Å². The first-order valence-electron chi connectivity index (χ1n) is 5.96. The maximum absolute atomic E-state index is 11.7. The molecule has 0 aromatic heterocycles. The summed E-state index contributed by atoms with van der Waals surface area (Å²) in [6.07, 6.45) is 6.76. The van der Waals surface area contributed by atoms with Crippen LogP contribution in [0.3, 0.4) is 0 Å². The molecule has 0 aliphatic heterocycles. The van der Waals surface area contributed by atoms with Gasteiger partial charge in [0, 0.05) is 7.11 Å². The van der Waals surface area contributed by atoms with E-state index in [2.05, 4.69) is 13.0 Å². The van der Waals surface area contributed by atoms with Gasteiger partial charge in [-0.05, 0) is 32.1 Å². The third-order valence-electron chi connectivity index (χ3n) is 3.41. The third-order valence-corrected chi connectivity index (χ3v) is 3.41. The van der Waals surface area contributed by atoms with Gasteiger partial charge in [0.2, 0.25) is 0 Å². The first-order valence-corrected chi connectivity index (χ1v) is 5.96. The number of ether oxygens (including phenoxy) is 2. The highest BCUT2D eigenvalue weighted by atomic mass is 16.5. The number of carbonyl (C=O) groups excluding carboxylic acids is 1. The molecule has 0 radical (unpaired) electrons. The quantitative estimate of drug-likeness (QED) is 0.546. The zero-order chi connectivity index (χ0) is 12.0. The smallest absolute Gasteiger partial charge is 0.311 e. The van der Waals surface area contributed by atoms with E-state index in [0.29, 0.717) is 12.5 Å². The first kappa shape index (κ1) is 13.2. The summed E-state index contributed by atoms with van der Waals surface area (Å²) in [6, 6.07) is 0. The number of methoxy groups -OCH3 is 2. The number of allylic oxidation sites excluding steroid dienone is 2. The Morgan fingerprint density at radius 2 is 2.25 bits per heavy atom. The van der Waals surface area contributed by atoms with E-state index >= 15 is 0 Å². The van der Waals surface area contributed by atoms with E-state index in [0.717, 1.165) is 12.8 Å². The maximum Gasteiger partial charge on any atom is 0.311 e. The summed E-state index contributed by atoms with van der Waals surface area (Å²) in [6.45, 7) is 2.50. The molecule has 3 heteroatoms. The number of carbonyl (C=O) groups is 1. The first-order chi connectivity index (χ1) is 7.74. The van der Waals surface area contributed by atoms with E-state index in [1.807, 2.05) is 0 Å². The van der Waals surface area contributed by atoms with Gasteiger partial charge in [0.15, 0.2) is 0 Å². The van der Waals surface area contributed by atoms with Crippen LogP contribution in [0.2, 0.25) is 0 Å². The normalized spacial score (nSPS) is 25.4. The molecule has 1 fully saturated rings. The van der Waals surface area contributed by atoms with E-state index in [1.165, 1.54) is 25.5 Å². The van der Waals surface area contributed by atoms with Crippen LogP contribution in [0.5, 0.6) is 0 Å². The van der Waals surface area contributed by atoms with Crippen LogP contribution in [0.25, 0.3) is 0 Å². The van der Waals surface area contributed by atoms with Gasteiger partial charge >= 0.3 is 5.97 Å². The van der Waals surface area contributed by atoms with Crippen LogP contribution in [0.15, 0.2) is 11.6 Å². The van der Waals surface area contributed by atoms with Crippen LogP contribution < -0.4 is 0 Å². The average molecular weight is 226 g/mol. The fraction of sp³-hybridized carbons (Fsp3) is 0.769. The number of hydrogen-bond acceptors (Lipinski definition) is 3. The zero-order valence-electron chi connectivity index (χ0n) is 10.5. The topological polar surface area (TPSA) is 35.5 Å². The van der Waals surface area contributed by atoms with Gasteiger partial charge in [-0.2, -0.15) is 0 Å². The lowest BCUT2D eigenvalue weighted by Gasteiger charge is -2.30. The molecule has 0 heterocycles. The predicted molar refractivity (Wildman–Crippen MR) is 63.1 cm³/mol. The van der Waals surface area contributed by atoms with Gasteiger partial charge < -0.3 is 9.47 Å². The minimum atomic E-state index is -0.145. The molecule has 0 N–H and O–H groups in total. The Morgan fingerprint density at radius 3 is 2.81 bits per heavy atom. The highest BCUT2D eigenvalue weighted by Gasteiger charge is 2.32. The van der Waals surface area contributed by atoms with E-state index < -0.39 is 0 Å². The summed E-state index contributed by atoms with van der Waals surface area (Å²) >= 11 is 0. The number of esters is 1. The predicted octanol–water partition coefficient (Wildman–Crippen LogP) is 2.56. The van der Waals surface area contributed by atoms with Gasteiger partial charge in [-0.25, -0.2) is 0 Å². The Kier molecular flexibility index (Phi) is 5.53. The third kappa shape index (κ3) is 3.08. The number of rotatable bonds is 4. The molecule has 1 aliphatic rings. The molecule has 0 bridgehead atoms. The molecule has 16 heavy (non-hydrogen) atoms. The molecule has 1 saturated carbocycles. The second kappa shape index (κ2) is 6.69. The summed E-state index contributed by atoms with van der Waals surface area (Å²) < 4.78 is 10.0. The molecule has 92 valence electrons. The molecule has 0 spiro atoms. The number of hydrogen-bond donors (Lipinski definition) is 0. The molecule has 1 rings (SSSR count). The molecule has 0 aromatic carbocycles. The van der Waals surface area contributed by atoms with Gasteiger partial charge in [-0.1, -0.05) is 18.1 Å². The van der Waals surface area contributed by atoms with Crippen molar-refractivity contribution in [3.63, 3.8) is 0 Å². The molecule has 2 atom stereocenters. The van der Waals surface area contributed by atoms with Crippen molar-refractivity contribution in [2.24, 2.45) is 11.8 Å². The van der Waals surface area contributed by atoms with Crippen LogP contribution >= 0.6 is 0 Å². The summed E-state index contributed by atoms with van der Waals surface area (Å²) in [5, 5.41) is 0. The zero-order valence-corrected chi connectivity index (χ0v) is 10.5. The van der Waals surface area contributed by atoms with Crippen LogP contribution in [-0.2, 0) is 14.3 Å². The second-order valence-corrected chi connectivity index (χ2v) is 4.30. The Bertz CT molecular complexity index is 258.